The first kappa shape index (κ1) is 22.3. The smallest absolute Gasteiger partial charge is 0.220 e. The Kier molecular flexibility index (Phi) is 7.83. The highest BCUT2D eigenvalue weighted by atomic mass is 32.2. The number of benzene rings is 1. The number of guanidine groups is 1. The van der Waals surface area contributed by atoms with E-state index in [1.54, 1.807) is 13.1 Å². The number of rotatable bonds is 8. The third-order valence-electron chi connectivity index (χ3n) is 4.91. The summed E-state index contributed by atoms with van der Waals surface area (Å²) >= 11 is 0. The van der Waals surface area contributed by atoms with E-state index < -0.39 is 10.0 Å². The van der Waals surface area contributed by atoms with Crippen LogP contribution in [0.25, 0.3) is 0 Å². The van der Waals surface area contributed by atoms with E-state index in [-0.39, 0.29) is 5.75 Å². The molecule has 1 aromatic carbocycles. The second-order valence-electron chi connectivity index (χ2n) is 6.99. The molecule has 164 valence electrons. The topological polar surface area (TPSA) is 100 Å². The summed E-state index contributed by atoms with van der Waals surface area (Å²) in [5.74, 6) is 0.623. The number of nitrogens with one attached hydrogen (secondary N) is 1. The lowest BCUT2D eigenvalue weighted by molar-refractivity contribution is 0.134. The Hall–Kier alpha value is -2.43. The Bertz CT molecular complexity index is 905. The van der Waals surface area contributed by atoms with E-state index in [1.807, 2.05) is 6.92 Å². The maximum absolute atomic E-state index is 12.6. The van der Waals surface area contributed by atoms with Gasteiger partial charge >= 0.3 is 0 Å². The summed E-state index contributed by atoms with van der Waals surface area (Å²) in [4.78, 5) is 6.43. The van der Waals surface area contributed by atoms with Crippen molar-refractivity contribution in [3.05, 3.63) is 53.4 Å². The van der Waals surface area contributed by atoms with Crippen LogP contribution in [-0.4, -0.2) is 68.6 Å². The Morgan fingerprint density at radius 1 is 1.17 bits per heavy atom. The van der Waals surface area contributed by atoms with Crippen molar-refractivity contribution in [2.24, 2.45) is 4.99 Å². The third-order valence-corrected chi connectivity index (χ3v) is 6.72. The summed E-state index contributed by atoms with van der Waals surface area (Å²) in [6, 6.07) is 9.84. The van der Waals surface area contributed by atoms with Crippen molar-refractivity contribution in [3.63, 3.8) is 0 Å². The summed E-state index contributed by atoms with van der Waals surface area (Å²) in [6.45, 7) is 5.92. The van der Waals surface area contributed by atoms with E-state index in [0.717, 1.165) is 17.1 Å². The van der Waals surface area contributed by atoms with Gasteiger partial charge in [0.1, 0.15) is 12.0 Å². The van der Waals surface area contributed by atoms with E-state index in [9.17, 15) is 8.42 Å². The molecule has 9 nitrogen and oxygen atoms in total. The molecular weight excluding hydrogens is 406 g/mol. The van der Waals surface area contributed by atoms with Crippen LogP contribution in [0.2, 0.25) is 0 Å². The van der Waals surface area contributed by atoms with E-state index in [2.05, 4.69) is 44.6 Å². The van der Waals surface area contributed by atoms with Gasteiger partial charge in [0, 0.05) is 52.4 Å². The predicted octanol–water partition coefficient (Wildman–Crippen LogP) is 1.43. The minimum absolute atomic E-state index is 0.143. The molecule has 30 heavy (non-hydrogen) atoms. The number of sulfonamides is 1. The number of nitrogens with zero attached hydrogens (tertiary/aromatic N) is 4. The monoisotopic (exact) mass is 435 g/mol. The van der Waals surface area contributed by atoms with Crippen molar-refractivity contribution in [3.8, 4) is 0 Å². The van der Waals surface area contributed by atoms with Gasteiger partial charge < -0.3 is 19.5 Å². The van der Waals surface area contributed by atoms with Gasteiger partial charge in [-0.05, 0) is 18.1 Å². The van der Waals surface area contributed by atoms with Crippen LogP contribution >= 0.6 is 0 Å². The van der Waals surface area contributed by atoms with Crippen molar-refractivity contribution >= 4 is 16.0 Å². The normalized spacial score (nSPS) is 16.1. The molecule has 10 heteroatoms. The molecule has 1 N–H and O–H groups in total. The Morgan fingerprint density at radius 2 is 1.87 bits per heavy atom. The molecule has 0 radical (unpaired) electrons. The average Bonchev–Trinajstić information content (AvgIpc) is 3.26. The lowest BCUT2D eigenvalue weighted by atomic mass is 10.1. The van der Waals surface area contributed by atoms with Gasteiger partial charge in [0.15, 0.2) is 5.96 Å². The first-order valence-electron chi connectivity index (χ1n) is 10.00. The summed E-state index contributed by atoms with van der Waals surface area (Å²) in [7, 11) is -1.68. The van der Waals surface area contributed by atoms with Gasteiger partial charge in [0.2, 0.25) is 10.0 Å². The highest BCUT2D eigenvalue weighted by Gasteiger charge is 2.28. The molecule has 1 aromatic heterocycles. The van der Waals surface area contributed by atoms with Gasteiger partial charge in [0.05, 0.1) is 12.3 Å². The third kappa shape index (κ3) is 6.04. The fourth-order valence-electron chi connectivity index (χ4n) is 3.25. The standard InChI is InChI=1S/C20H29N5O4S/c1-3-28-15-18-6-4-17(5-7-18)14-22-20(21-2)24-9-11-25(12-10-24)30(26,27)16-19-8-13-29-23-19/h4-8,13H,3,9-12,14-16H2,1-2H3,(H,21,22). The zero-order valence-corrected chi connectivity index (χ0v) is 18.3. The molecule has 0 saturated carbocycles. The number of piperazine rings is 1. The van der Waals surface area contributed by atoms with Crippen LogP contribution in [0.5, 0.6) is 0 Å². The molecule has 3 rings (SSSR count). The number of hydrogen-bond donors (Lipinski definition) is 1. The van der Waals surface area contributed by atoms with Gasteiger partial charge in [-0.1, -0.05) is 29.4 Å². The van der Waals surface area contributed by atoms with Crippen molar-refractivity contribution in [1.82, 2.24) is 19.7 Å². The first-order chi connectivity index (χ1) is 14.5. The van der Waals surface area contributed by atoms with E-state index >= 15 is 0 Å². The molecule has 2 heterocycles. The Morgan fingerprint density at radius 3 is 2.47 bits per heavy atom. The van der Waals surface area contributed by atoms with Crippen LogP contribution < -0.4 is 5.32 Å². The minimum Gasteiger partial charge on any atom is -0.377 e. The highest BCUT2D eigenvalue weighted by molar-refractivity contribution is 7.88. The molecule has 0 amide bonds. The maximum Gasteiger partial charge on any atom is 0.220 e. The van der Waals surface area contributed by atoms with Crippen LogP contribution in [0.3, 0.4) is 0 Å². The zero-order valence-electron chi connectivity index (χ0n) is 17.5. The van der Waals surface area contributed by atoms with E-state index in [1.165, 1.54) is 10.6 Å². The molecule has 1 aliphatic rings. The summed E-state index contributed by atoms with van der Waals surface area (Å²) in [5.41, 5.74) is 2.71. The summed E-state index contributed by atoms with van der Waals surface area (Å²) in [6.07, 6.45) is 1.38. The van der Waals surface area contributed by atoms with Crippen molar-refractivity contribution in [2.75, 3.05) is 39.8 Å². The minimum atomic E-state index is -3.41. The highest BCUT2D eigenvalue weighted by Crippen LogP contribution is 2.13. The van der Waals surface area contributed by atoms with Crippen LogP contribution in [0.4, 0.5) is 0 Å². The van der Waals surface area contributed by atoms with Gasteiger partial charge in [-0.3, -0.25) is 4.99 Å². The van der Waals surface area contributed by atoms with Crippen molar-refractivity contribution < 1.29 is 17.7 Å². The molecule has 0 aliphatic carbocycles. The average molecular weight is 436 g/mol. The van der Waals surface area contributed by atoms with Crippen LogP contribution in [0.1, 0.15) is 23.7 Å². The second kappa shape index (κ2) is 10.6. The first-order valence-corrected chi connectivity index (χ1v) is 11.6. The number of aliphatic imine (C=N–C) groups is 1. The molecule has 0 bridgehead atoms. The lowest BCUT2D eigenvalue weighted by Gasteiger charge is -2.35. The molecular formula is C20H29N5O4S. The van der Waals surface area contributed by atoms with Crippen LogP contribution in [0, 0.1) is 0 Å². The number of ether oxygens (including phenoxy) is 1. The van der Waals surface area contributed by atoms with Crippen LogP contribution in [-0.2, 0) is 33.7 Å². The lowest BCUT2D eigenvalue weighted by Crippen LogP contribution is -2.53. The van der Waals surface area contributed by atoms with Gasteiger partial charge in [-0.25, -0.2) is 8.42 Å². The fourth-order valence-corrected chi connectivity index (χ4v) is 4.68. The van der Waals surface area contributed by atoms with Crippen molar-refractivity contribution in [1.29, 1.82) is 0 Å². The SMILES string of the molecule is CCOCc1ccc(CNC(=NC)N2CCN(S(=O)(=O)Cc3ccon3)CC2)cc1. The largest absolute Gasteiger partial charge is 0.377 e. The van der Waals surface area contributed by atoms with Gasteiger partial charge in [-0.2, -0.15) is 4.31 Å². The maximum atomic E-state index is 12.6. The fraction of sp³-hybridized carbons (Fsp3) is 0.500. The quantitative estimate of drug-likeness (QED) is 0.495. The van der Waals surface area contributed by atoms with Crippen molar-refractivity contribution in [2.45, 2.75) is 25.8 Å². The summed E-state index contributed by atoms with van der Waals surface area (Å²) < 4.78 is 36.8. The van der Waals surface area contributed by atoms with Crippen LogP contribution in [0.15, 0.2) is 46.1 Å². The number of hydrogen-bond acceptors (Lipinski definition) is 6. The Labute approximate surface area is 177 Å². The van der Waals surface area contributed by atoms with Gasteiger partial charge in [0.25, 0.3) is 0 Å². The molecule has 1 saturated heterocycles. The molecule has 2 aromatic rings. The number of aromatic nitrogens is 1. The Balaban J connectivity index is 1.49. The second-order valence-corrected chi connectivity index (χ2v) is 8.96. The molecule has 0 unspecified atom stereocenters. The molecule has 1 aliphatic heterocycles. The van der Waals surface area contributed by atoms with E-state index in [0.29, 0.717) is 51.6 Å². The summed E-state index contributed by atoms with van der Waals surface area (Å²) in [5, 5.41) is 7.06. The molecule has 1 fully saturated rings. The van der Waals surface area contributed by atoms with Gasteiger partial charge in [-0.15, -0.1) is 0 Å². The predicted molar refractivity (Wildman–Crippen MR) is 114 cm³/mol. The van der Waals surface area contributed by atoms with E-state index in [4.69, 9.17) is 9.26 Å². The zero-order chi connectivity index (χ0) is 21.4. The molecule has 0 atom stereocenters. The molecule has 0 spiro atoms.